The molecule has 0 bridgehead atoms. The third kappa shape index (κ3) is 6.26. The summed E-state index contributed by atoms with van der Waals surface area (Å²) in [5, 5.41) is 5.01. The van der Waals surface area contributed by atoms with Crippen LogP contribution >= 0.6 is 0 Å². The Kier molecular flexibility index (Phi) is 8.48. The molecule has 0 aromatic heterocycles. The maximum Gasteiger partial charge on any atom is 0.128 e. The molecule has 55 heavy (non-hydrogen) atoms. The van der Waals surface area contributed by atoms with Crippen LogP contribution in [-0.2, 0) is 6.42 Å². The normalized spacial score (nSPS) is 20.5. The van der Waals surface area contributed by atoms with Gasteiger partial charge in [0.25, 0.3) is 0 Å². The van der Waals surface area contributed by atoms with Crippen molar-refractivity contribution in [2.24, 2.45) is 5.92 Å². The molecule has 2 N–H and O–H groups in total. The van der Waals surface area contributed by atoms with Crippen molar-refractivity contribution in [2.75, 3.05) is 5.73 Å². The molecule has 0 fully saturated rings. The summed E-state index contributed by atoms with van der Waals surface area (Å²) in [5.74, 6) is 2.26. The Morgan fingerprint density at radius 1 is 0.655 bits per heavy atom. The molecule has 0 saturated carbocycles. The van der Waals surface area contributed by atoms with E-state index in [-0.39, 0.29) is 17.9 Å². The van der Waals surface area contributed by atoms with Gasteiger partial charge in [-0.3, -0.25) is 0 Å². The maximum absolute atomic E-state index is 6.73. The lowest BCUT2D eigenvalue weighted by atomic mass is 9.77. The van der Waals surface area contributed by atoms with Crippen LogP contribution in [-0.4, -0.2) is 6.10 Å². The average molecular weight is 712 g/mol. The lowest BCUT2D eigenvalue weighted by Crippen LogP contribution is -2.20. The van der Waals surface area contributed by atoms with Crippen molar-refractivity contribution in [1.82, 2.24) is 0 Å². The summed E-state index contributed by atoms with van der Waals surface area (Å²) in [7, 11) is 0. The largest absolute Gasteiger partial charge is 0.485 e. The van der Waals surface area contributed by atoms with E-state index in [2.05, 4.69) is 183 Å². The van der Waals surface area contributed by atoms with Crippen molar-refractivity contribution >= 4 is 27.2 Å². The molecule has 1 heterocycles. The van der Waals surface area contributed by atoms with Crippen molar-refractivity contribution in [3.8, 4) is 28.0 Å². The zero-order valence-corrected chi connectivity index (χ0v) is 31.2. The number of nitrogens with two attached hydrogens (primary N) is 1. The Balaban J connectivity index is 0.992. The average Bonchev–Trinajstić information content (AvgIpc) is 3.59. The summed E-state index contributed by atoms with van der Waals surface area (Å²) in [5.41, 5.74) is 19.0. The number of rotatable bonds is 7. The smallest absolute Gasteiger partial charge is 0.128 e. The van der Waals surface area contributed by atoms with Crippen LogP contribution in [0.1, 0.15) is 59.8 Å². The van der Waals surface area contributed by atoms with Crippen molar-refractivity contribution in [2.45, 2.75) is 50.0 Å². The summed E-state index contributed by atoms with van der Waals surface area (Å²) >= 11 is 0. The van der Waals surface area contributed by atoms with Crippen molar-refractivity contribution < 1.29 is 4.74 Å². The van der Waals surface area contributed by atoms with Crippen LogP contribution in [0.2, 0.25) is 0 Å². The number of ether oxygens (including phenoxy) is 1. The van der Waals surface area contributed by atoms with Gasteiger partial charge in [-0.25, -0.2) is 0 Å². The van der Waals surface area contributed by atoms with Gasteiger partial charge in [-0.15, -0.1) is 0 Å². The standard InChI is InChI=1S/C53H45NO/c1-34-9-2-7-14-45(34)53-46(15-8-16-50(53)54)38-22-24-39(25-23-38)48(29-35-17-19-37(20-18-35)43-26-21-36-10-3-4-11-40(36)30-43)44-27-28-47-49-31-41-12-5-6-13-42(41)32-52(49)55-51(47)33-44/h3-8,10-28,30-34,45,47-48,51H,2,9,29,54H2,1H3. The second-order valence-corrected chi connectivity index (χ2v) is 15.8. The van der Waals surface area contributed by atoms with Crippen LogP contribution in [0.25, 0.3) is 43.8 Å². The number of benzene rings is 7. The molecule has 5 atom stereocenters. The molecule has 0 spiro atoms. The van der Waals surface area contributed by atoms with Gasteiger partial charge in [-0.1, -0.05) is 153 Å². The summed E-state index contributed by atoms with van der Waals surface area (Å²) in [6, 6.07) is 53.3. The molecule has 7 aromatic carbocycles. The molecular formula is C53H45NO. The topological polar surface area (TPSA) is 35.2 Å². The summed E-state index contributed by atoms with van der Waals surface area (Å²) < 4.78 is 6.70. The van der Waals surface area contributed by atoms with Crippen LogP contribution in [0.5, 0.6) is 5.75 Å². The van der Waals surface area contributed by atoms with E-state index in [0.29, 0.717) is 11.8 Å². The Morgan fingerprint density at radius 3 is 2.15 bits per heavy atom. The Labute approximate surface area is 324 Å². The molecule has 0 amide bonds. The van der Waals surface area contributed by atoms with Crippen molar-refractivity contribution in [3.05, 3.63) is 204 Å². The van der Waals surface area contributed by atoms with E-state index in [1.165, 1.54) is 78.0 Å². The van der Waals surface area contributed by atoms with Gasteiger partial charge in [0.2, 0.25) is 0 Å². The van der Waals surface area contributed by atoms with Crippen LogP contribution in [0.3, 0.4) is 0 Å². The van der Waals surface area contributed by atoms with Gasteiger partial charge >= 0.3 is 0 Å². The quantitative estimate of drug-likeness (QED) is 0.132. The Hall–Kier alpha value is -6.12. The van der Waals surface area contributed by atoms with Crippen molar-refractivity contribution in [1.29, 1.82) is 0 Å². The van der Waals surface area contributed by atoms with E-state index in [9.17, 15) is 0 Å². The third-order valence-electron chi connectivity index (χ3n) is 12.4. The second-order valence-electron chi connectivity index (χ2n) is 15.8. The fraction of sp³-hybridized carbons (Fsp3) is 0.170. The SMILES string of the molecule is CC1CCC=CC1c1c(N)cccc1-c1ccc(C(Cc2ccc(-c3ccc4ccccc4c3)cc2)C2=CC3Oc4cc5ccccc5cc4C3C=C2)cc1. The summed E-state index contributed by atoms with van der Waals surface area (Å²) in [6.07, 6.45) is 15.0. The predicted molar refractivity (Wildman–Crippen MR) is 231 cm³/mol. The molecule has 10 rings (SSSR count). The molecule has 268 valence electrons. The molecule has 0 radical (unpaired) electrons. The fourth-order valence-electron chi connectivity index (χ4n) is 9.36. The van der Waals surface area contributed by atoms with E-state index in [4.69, 9.17) is 10.5 Å². The fourth-order valence-corrected chi connectivity index (χ4v) is 9.36. The highest BCUT2D eigenvalue weighted by Crippen LogP contribution is 2.47. The maximum atomic E-state index is 6.73. The molecule has 2 heteroatoms. The minimum atomic E-state index is -0.0238. The van der Waals surface area contributed by atoms with Gasteiger partial charge < -0.3 is 10.5 Å². The molecule has 7 aromatic rings. The van der Waals surface area contributed by atoms with Crippen LogP contribution in [0.15, 0.2) is 182 Å². The highest BCUT2D eigenvalue weighted by atomic mass is 16.5. The molecule has 1 aliphatic heterocycles. The van der Waals surface area contributed by atoms with Gasteiger partial charge in [0.1, 0.15) is 11.9 Å². The number of anilines is 1. The monoisotopic (exact) mass is 711 g/mol. The number of hydrogen-bond acceptors (Lipinski definition) is 2. The summed E-state index contributed by atoms with van der Waals surface area (Å²) in [6.45, 7) is 2.36. The van der Waals surface area contributed by atoms with E-state index in [1.807, 2.05) is 0 Å². The zero-order chi connectivity index (χ0) is 36.9. The molecule has 2 nitrogen and oxygen atoms in total. The van der Waals surface area contributed by atoms with Gasteiger partial charge in [0.05, 0.1) is 0 Å². The van der Waals surface area contributed by atoms with Crippen molar-refractivity contribution in [3.63, 3.8) is 0 Å². The third-order valence-corrected chi connectivity index (χ3v) is 12.4. The lowest BCUT2D eigenvalue weighted by Gasteiger charge is -2.28. The highest BCUT2D eigenvalue weighted by Gasteiger charge is 2.35. The Bertz CT molecular complexity index is 2640. The van der Waals surface area contributed by atoms with Gasteiger partial charge in [-0.05, 0) is 122 Å². The molecule has 3 aliphatic rings. The number of fused-ring (bicyclic) bond motifs is 5. The first kappa shape index (κ1) is 33.4. The minimum absolute atomic E-state index is 0.0238. The predicted octanol–water partition coefficient (Wildman–Crippen LogP) is 13.3. The minimum Gasteiger partial charge on any atom is -0.485 e. The van der Waals surface area contributed by atoms with E-state index in [0.717, 1.165) is 24.3 Å². The molecule has 2 aliphatic carbocycles. The first-order chi connectivity index (χ1) is 27.1. The zero-order valence-electron chi connectivity index (χ0n) is 31.2. The van der Waals surface area contributed by atoms with Crippen LogP contribution in [0, 0.1) is 5.92 Å². The first-order valence-corrected chi connectivity index (χ1v) is 19.9. The van der Waals surface area contributed by atoms with Crippen LogP contribution in [0.4, 0.5) is 5.69 Å². The highest BCUT2D eigenvalue weighted by molar-refractivity contribution is 5.88. The second kappa shape index (κ2) is 13.9. The first-order valence-electron chi connectivity index (χ1n) is 19.9. The van der Waals surface area contributed by atoms with Gasteiger partial charge in [0.15, 0.2) is 0 Å². The van der Waals surface area contributed by atoms with E-state index in [1.54, 1.807) is 0 Å². The molecule has 0 saturated heterocycles. The summed E-state index contributed by atoms with van der Waals surface area (Å²) in [4.78, 5) is 0. The van der Waals surface area contributed by atoms with E-state index >= 15 is 0 Å². The van der Waals surface area contributed by atoms with Gasteiger partial charge in [-0.2, -0.15) is 0 Å². The molecule has 5 unspecified atom stereocenters. The van der Waals surface area contributed by atoms with E-state index < -0.39 is 0 Å². The Morgan fingerprint density at radius 2 is 1.36 bits per heavy atom. The van der Waals surface area contributed by atoms with Crippen LogP contribution < -0.4 is 10.5 Å². The number of allylic oxidation sites excluding steroid dienone is 4. The number of nitrogen functional groups attached to an aromatic ring is 1. The van der Waals surface area contributed by atoms with Gasteiger partial charge in [0, 0.05) is 29.0 Å². The lowest BCUT2D eigenvalue weighted by molar-refractivity contribution is 0.267. The molecular weight excluding hydrogens is 667 g/mol. The number of hydrogen-bond donors (Lipinski definition) is 1.